The van der Waals surface area contributed by atoms with E-state index in [1.54, 1.807) is 17.0 Å². The van der Waals surface area contributed by atoms with E-state index in [0.29, 0.717) is 12.2 Å². The van der Waals surface area contributed by atoms with Crippen molar-refractivity contribution in [2.75, 3.05) is 23.3 Å². The van der Waals surface area contributed by atoms with Crippen molar-refractivity contribution in [1.82, 2.24) is 0 Å². The monoisotopic (exact) mass is 351 g/mol. The number of non-ortho nitro benzene ring substituents is 1. The number of halogens is 2. The molecule has 0 atom stereocenters. The summed E-state index contributed by atoms with van der Waals surface area (Å²) < 4.78 is 13.3. The maximum Gasteiger partial charge on any atom is 0.271 e. The number of hydrogen-bond donors (Lipinski definition) is 1. The van der Waals surface area contributed by atoms with Crippen molar-refractivity contribution < 1.29 is 14.1 Å². The van der Waals surface area contributed by atoms with Crippen LogP contribution in [-0.2, 0) is 4.79 Å². The van der Waals surface area contributed by atoms with Gasteiger partial charge in [-0.1, -0.05) is 17.7 Å². The minimum atomic E-state index is -0.569. The maximum absolute atomic E-state index is 13.3. The van der Waals surface area contributed by atoms with E-state index >= 15 is 0 Å². The summed E-state index contributed by atoms with van der Waals surface area (Å²) in [5.74, 6) is -0.748. The van der Waals surface area contributed by atoms with Crippen LogP contribution in [0.2, 0.25) is 5.02 Å². The number of nitro groups is 1. The van der Waals surface area contributed by atoms with E-state index in [9.17, 15) is 19.3 Å². The topological polar surface area (TPSA) is 75.5 Å². The van der Waals surface area contributed by atoms with Crippen LogP contribution in [0.25, 0.3) is 0 Å². The van der Waals surface area contributed by atoms with Crippen LogP contribution >= 0.6 is 11.6 Å². The number of nitrogens with zero attached hydrogens (tertiary/aromatic N) is 2. The van der Waals surface area contributed by atoms with E-state index in [2.05, 4.69) is 5.32 Å². The Bertz CT molecular complexity index is 770. The number of amides is 1. The molecule has 0 bridgehead atoms. The number of benzene rings is 2. The first-order chi connectivity index (χ1) is 11.4. The van der Waals surface area contributed by atoms with Gasteiger partial charge in [0, 0.05) is 24.4 Å². The number of nitrogens with one attached hydrogen (secondary N) is 1. The third-order valence-electron chi connectivity index (χ3n) is 3.33. The number of nitro benzene ring substituents is 1. The molecule has 0 fully saturated rings. The molecule has 1 N–H and O–H groups in total. The second-order valence-electron chi connectivity index (χ2n) is 4.96. The lowest BCUT2D eigenvalue weighted by Gasteiger charge is -2.22. The first-order valence-corrected chi connectivity index (χ1v) is 7.52. The van der Waals surface area contributed by atoms with Gasteiger partial charge in [-0.25, -0.2) is 4.39 Å². The van der Waals surface area contributed by atoms with Gasteiger partial charge in [0.25, 0.3) is 5.69 Å². The third-order valence-corrected chi connectivity index (χ3v) is 3.64. The van der Waals surface area contributed by atoms with Crippen molar-refractivity contribution in [3.63, 3.8) is 0 Å². The molecule has 0 radical (unpaired) electrons. The fourth-order valence-electron chi connectivity index (χ4n) is 2.14. The standard InChI is InChI=1S/C16H15ClFN3O3/c1-2-20(12-5-3-4-11(18)8-12)10-16(22)19-15-7-6-13(21(23)24)9-14(15)17/h3-9H,2,10H2,1H3,(H,19,22). The Labute approximate surface area is 143 Å². The van der Waals surface area contributed by atoms with E-state index in [1.807, 2.05) is 6.92 Å². The average Bonchev–Trinajstić information content (AvgIpc) is 2.54. The molecule has 8 heteroatoms. The fraction of sp³-hybridized carbons (Fsp3) is 0.188. The van der Waals surface area contributed by atoms with Crippen LogP contribution in [0.5, 0.6) is 0 Å². The van der Waals surface area contributed by atoms with Crippen LogP contribution in [0, 0.1) is 15.9 Å². The van der Waals surface area contributed by atoms with E-state index < -0.39 is 4.92 Å². The number of likely N-dealkylation sites (N-methyl/N-ethyl adjacent to an activating group) is 1. The van der Waals surface area contributed by atoms with E-state index in [1.165, 1.54) is 30.3 Å². The zero-order chi connectivity index (χ0) is 17.7. The van der Waals surface area contributed by atoms with Crippen molar-refractivity contribution in [3.8, 4) is 0 Å². The first-order valence-electron chi connectivity index (χ1n) is 7.15. The highest BCUT2D eigenvalue weighted by atomic mass is 35.5. The van der Waals surface area contributed by atoms with Gasteiger partial charge in [-0.15, -0.1) is 0 Å². The summed E-state index contributed by atoms with van der Waals surface area (Å²) in [6, 6.07) is 9.74. The number of carbonyl (C=O) groups excluding carboxylic acids is 1. The third kappa shape index (κ3) is 4.42. The van der Waals surface area contributed by atoms with Crippen LogP contribution in [0.1, 0.15) is 6.92 Å². The molecular weight excluding hydrogens is 337 g/mol. The van der Waals surface area contributed by atoms with Crippen LogP contribution in [0.3, 0.4) is 0 Å². The second-order valence-corrected chi connectivity index (χ2v) is 5.37. The number of carbonyl (C=O) groups is 1. The van der Waals surface area contributed by atoms with Crippen molar-refractivity contribution in [2.45, 2.75) is 6.92 Å². The lowest BCUT2D eigenvalue weighted by molar-refractivity contribution is -0.384. The molecule has 0 saturated carbocycles. The highest BCUT2D eigenvalue weighted by molar-refractivity contribution is 6.34. The van der Waals surface area contributed by atoms with Gasteiger partial charge in [-0.3, -0.25) is 14.9 Å². The van der Waals surface area contributed by atoms with Crippen molar-refractivity contribution in [2.24, 2.45) is 0 Å². The minimum Gasteiger partial charge on any atom is -0.362 e. The summed E-state index contributed by atoms with van der Waals surface area (Å²) in [5.41, 5.74) is 0.706. The molecule has 1 amide bonds. The molecule has 2 aromatic rings. The quantitative estimate of drug-likeness (QED) is 0.633. The highest BCUT2D eigenvalue weighted by Gasteiger charge is 2.14. The van der Waals surface area contributed by atoms with Crippen molar-refractivity contribution in [1.29, 1.82) is 0 Å². The fourth-order valence-corrected chi connectivity index (χ4v) is 2.36. The largest absolute Gasteiger partial charge is 0.362 e. The lowest BCUT2D eigenvalue weighted by atomic mass is 10.2. The molecule has 0 spiro atoms. The van der Waals surface area contributed by atoms with Gasteiger partial charge in [-0.2, -0.15) is 0 Å². The molecule has 2 rings (SSSR count). The van der Waals surface area contributed by atoms with Crippen LogP contribution < -0.4 is 10.2 Å². The normalized spacial score (nSPS) is 10.3. The van der Waals surface area contributed by atoms with Crippen LogP contribution in [0.15, 0.2) is 42.5 Å². The zero-order valence-corrected chi connectivity index (χ0v) is 13.6. The van der Waals surface area contributed by atoms with E-state index in [4.69, 9.17) is 11.6 Å². The summed E-state index contributed by atoms with van der Waals surface area (Å²) in [4.78, 5) is 24.0. The average molecular weight is 352 g/mol. The molecular formula is C16H15ClFN3O3. The van der Waals surface area contributed by atoms with E-state index in [-0.39, 0.29) is 34.7 Å². The molecule has 24 heavy (non-hydrogen) atoms. The van der Waals surface area contributed by atoms with Gasteiger partial charge < -0.3 is 10.2 Å². The molecule has 0 aromatic heterocycles. The molecule has 0 aliphatic rings. The Kier molecular flexibility index (Phi) is 5.70. The summed E-state index contributed by atoms with van der Waals surface area (Å²) in [7, 11) is 0. The summed E-state index contributed by atoms with van der Waals surface area (Å²) >= 11 is 5.94. The van der Waals surface area contributed by atoms with Gasteiger partial charge >= 0.3 is 0 Å². The van der Waals surface area contributed by atoms with Gasteiger partial charge in [-0.05, 0) is 31.2 Å². The first kappa shape index (κ1) is 17.7. The molecule has 0 heterocycles. The van der Waals surface area contributed by atoms with Gasteiger partial charge in [0.2, 0.25) is 5.91 Å². The molecule has 0 unspecified atom stereocenters. The molecule has 126 valence electrons. The van der Waals surface area contributed by atoms with E-state index in [0.717, 1.165) is 0 Å². The zero-order valence-electron chi connectivity index (χ0n) is 12.8. The lowest BCUT2D eigenvalue weighted by Crippen LogP contribution is -2.33. The number of rotatable bonds is 6. The van der Waals surface area contributed by atoms with Crippen LogP contribution in [-0.4, -0.2) is 23.9 Å². The molecule has 6 nitrogen and oxygen atoms in total. The SMILES string of the molecule is CCN(CC(=O)Nc1ccc([N+](=O)[O-])cc1Cl)c1cccc(F)c1. The predicted octanol–water partition coefficient (Wildman–Crippen LogP) is 3.85. The Balaban J connectivity index is 2.08. The Hall–Kier alpha value is -2.67. The second kappa shape index (κ2) is 7.74. The smallest absolute Gasteiger partial charge is 0.271 e. The van der Waals surface area contributed by atoms with Crippen molar-refractivity contribution >= 4 is 34.6 Å². The van der Waals surface area contributed by atoms with Crippen molar-refractivity contribution in [3.05, 3.63) is 63.4 Å². The molecule has 0 saturated heterocycles. The van der Waals surface area contributed by atoms with Gasteiger partial charge in [0.05, 0.1) is 22.2 Å². The van der Waals surface area contributed by atoms with Gasteiger partial charge in [0.15, 0.2) is 0 Å². The number of hydrogen-bond acceptors (Lipinski definition) is 4. The summed E-state index contributed by atoms with van der Waals surface area (Å²) in [5, 5.41) is 13.3. The Morgan fingerprint density at radius 3 is 2.67 bits per heavy atom. The minimum absolute atomic E-state index is 0.00668. The number of anilines is 2. The molecule has 0 aliphatic carbocycles. The molecule has 0 aliphatic heterocycles. The Morgan fingerprint density at radius 1 is 1.33 bits per heavy atom. The predicted molar refractivity (Wildman–Crippen MR) is 91.0 cm³/mol. The highest BCUT2D eigenvalue weighted by Crippen LogP contribution is 2.26. The van der Waals surface area contributed by atoms with Crippen LogP contribution in [0.4, 0.5) is 21.5 Å². The summed E-state index contributed by atoms with van der Waals surface area (Å²) in [6.07, 6.45) is 0. The Morgan fingerprint density at radius 2 is 2.08 bits per heavy atom. The molecule has 2 aromatic carbocycles. The maximum atomic E-state index is 13.3. The summed E-state index contributed by atoms with van der Waals surface area (Å²) in [6.45, 7) is 2.34. The van der Waals surface area contributed by atoms with Gasteiger partial charge in [0.1, 0.15) is 5.82 Å².